The van der Waals surface area contributed by atoms with E-state index < -0.39 is 0 Å². The predicted molar refractivity (Wildman–Crippen MR) is 66.2 cm³/mol. The maximum absolute atomic E-state index is 5.49. The molecule has 0 amide bonds. The second-order valence-corrected chi connectivity index (χ2v) is 4.42. The summed E-state index contributed by atoms with van der Waals surface area (Å²) in [6, 6.07) is 0. The minimum absolute atomic E-state index is 0.0579. The van der Waals surface area contributed by atoms with Crippen molar-refractivity contribution in [2.24, 2.45) is 10.2 Å². The lowest BCUT2D eigenvalue weighted by Crippen LogP contribution is -1.76. The Hall–Kier alpha value is 0.560. The van der Waals surface area contributed by atoms with Crippen LogP contribution < -0.4 is 0 Å². The lowest BCUT2D eigenvalue weighted by Gasteiger charge is -1.86. The van der Waals surface area contributed by atoms with E-state index in [9.17, 15) is 0 Å². The van der Waals surface area contributed by atoms with Crippen LogP contribution >= 0.6 is 69.6 Å². The lowest BCUT2D eigenvalue weighted by atomic mass is 10.7. The van der Waals surface area contributed by atoms with Gasteiger partial charge in [-0.25, -0.2) is 0 Å². The van der Waals surface area contributed by atoms with Crippen molar-refractivity contribution in [3.05, 3.63) is 19.0 Å². The molecule has 2 nitrogen and oxygen atoms in total. The summed E-state index contributed by atoms with van der Waals surface area (Å²) in [5.74, 6) is 0. The molecule has 0 heterocycles. The summed E-state index contributed by atoms with van der Waals surface area (Å²) in [6.45, 7) is 0. The molecule has 0 fully saturated rings. The van der Waals surface area contributed by atoms with Crippen molar-refractivity contribution < 1.29 is 0 Å². The van der Waals surface area contributed by atoms with E-state index in [-0.39, 0.29) is 19.0 Å². The smallest absolute Gasteiger partial charge is 0.127 e. The molecule has 0 aromatic carbocycles. The van der Waals surface area contributed by atoms with E-state index in [1.807, 2.05) is 0 Å². The van der Waals surface area contributed by atoms with Gasteiger partial charge >= 0.3 is 0 Å². The van der Waals surface area contributed by atoms with E-state index in [1.165, 1.54) is 0 Å². The van der Waals surface area contributed by atoms with E-state index in [0.717, 1.165) is 12.4 Å². The van der Waals surface area contributed by atoms with Crippen LogP contribution in [0.15, 0.2) is 29.3 Å². The standard InChI is InChI=1S/C6H2Cl6N2/c7-3(5(9)10)1-13-14-2-4(8)6(11)12/h1-2H/b13-1-,14-2-. The third-order valence-corrected chi connectivity index (χ3v) is 2.54. The van der Waals surface area contributed by atoms with E-state index >= 15 is 0 Å². The molecule has 78 valence electrons. The second kappa shape index (κ2) is 7.80. The lowest BCUT2D eigenvalue weighted by molar-refractivity contribution is 1.27. The van der Waals surface area contributed by atoms with Crippen LogP contribution in [0.2, 0.25) is 0 Å². The van der Waals surface area contributed by atoms with Crippen LogP contribution in [-0.2, 0) is 0 Å². The van der Waals surface area contributed by atoms with Gasteiger partial charge in [-0.3, -0.25) is 0 Å². The zero-order valence-corrected chi connectivity index (χ0v) is 10.9. The van der Waals surface area contributed by atoms with Gasteiger partial charge in [-0.05, 0) is 0 Å². The average molecular weight is 315 g/mol. The Morgan fingerprint density at radius 1 is 0.643 bits per heavy atom. The highest BCUT2D eigenvalue weighted by atomic mass is 35.5. The summed E-state index contributed by atoms with van der Waals surface area (Å²) in [5, 5.41) is 7.05. The summed E-state index contributed by atoms with van der Waals surface area (Å²) in [7, 11) is 0. The first-order valence-corrected chi connectivity index (χ1v) is 5.20. The van der Waals surface area contributed by atoms with Gasteiger partial charge in [0, 0.05) is 0 Å². The Bertz CT molecular complexity index is 276. The van der Waals surface area contributed by atoms with Gasteiger partial charge in [0.15, 0.2) is 0 Å². The average Bonchev–Trinajstić information content (AvgIpc) is 2.11. The highest BCUT2D eigenvalue weighted by Crippen LogP contribution is 2.16. The Balaban J connectivity index is 4.34. The molecular weight excluding hydrogens is 313 g/mol. The van der Waals surface area contributed by atoms with Crippen molar-refractivity contribution in [1.82, 2.24) is 0 Å². The molecule has 0 saturated heterocycles. The fourth-order valence-electron chi connectivity index (χ4n) is 0.266. The molecule has 0 aromatic rings. The van der Waals surface area contributed by atoms with Gasteiger partial charge < -0.3 is 0 Å². The van der Waals surface area contributed by atoms with Crippen LogP contribution in [0.4, 0.5) is 0 Å². The maximum Gasteiger partial charge on any atom is 0.127 e. The van der Waals surface area contributed by atoms with E-state index in [1.54, 1.807) is 0 Å². The third-order valence-electron chi connectivity index (χ3n) is 0.770. The monoisotopic (exact) mass is 312 g/mol. The molecule has 0 aliphatic heterocycles. The summed E-state index contributed by atoms with van der Waals surface area (Å²) < 4.78 is -0.217. The zero-order valence-electron chi connectivity index (χ0n) is 6.32. The van der Waals surface area contributed by atoms with Gasteiger partial charge in [0.25, 0.3) is 0 Å². The van der Waals surface area contributed by atoms with Crippen LogP contribution in [0.1, 0.15) is 0 Å². The number of rotatable bonds is 3. The third kappa shape index (κ3) is 6.93. The summed E-state index contributed by atoms with van der Waals surface area (Å²) in [5.41, 5.74) is 0. The second-order valence-electron chi connectivity index (χ2n) is 1.71. The van der Waals surface area contributed by atoms with Gasteiger partial charge in [0.1, 0.15) is 8.98 Å². The molecule has 0 N–H and O–H groups in total. The highest BCUT2D eigenvalue weighted by molar-refractivity contribution is 6.62. The van der Waals surface area contributed by atoms with E-state index in [2.05, 4.69) is 10.2 Å². The molecule has 0 bridgehead atoms. The maximum atomic E-state index is 5.49. The zero-order chi connectivity index (χ0) is 11.1. The fourth-order valence-corrected chi connectivity index (χ4v) is 0.548. The molecule has 0 spiro atoms. The highest BCUT2D eigenvalue weighted by Gasteiger charge is 1.94. The SMILES string of the molecule is ClC(Cl)=C(Cl)/C=N\N=C/C(Cl)=C(Cl)Cl. The molecule has 0 rings (SSSR count). The Morgan fingerprint density at radius 3 is 1.14 bits per heavy atom. The fraction of sp³-hybridized carbons (Fsp3) is 0. The van der Waals surface area contributed by atoms with Crippen LogP contribution in [0.5, 0.6) is 0 Å². The van der Waals surface area contributed by atoms with Crippen molar-refractivity contribution in [3.8, 4) is 0 Å². The molecule has 0 aromatic heterocycles. The Morgan fingerprint density at radius 2 is 0.929 bits per heavy atom. The Kier molecular flexibility index (Phi) is 8.11. The molecule has 8 heteroatoms. The number of hydrogen-bond donors (Lipinski definition) is 0. The van der Waals surface area contributed by atoms with Gasteiger partial charge in [-0.1, -0.05) is 69.6 Å². The summed E-state index contributed by atoms with van der Waals surface area (Å²) >= 11 is 32.2. The molecule has 0 saturated carbocycles. The van der Waals surface area contributed by atoms with Crippen molar-refractivity contribution in [2.75, 3.05) is 0 Å². The van der Waals surface area contributed by atoms with Crippen molar-refractivity contribution in [3.63, 3.8) is 0 Å². The van der Waals surface area contributed by atoms with Crippen LogP contribution in [-0.4, -0.2) is 12.4 Å². The number of halogens is 6. The van der Waals surface area contributed by atoms with Crippen molar-refractivity contribution in [2.45, 2.75) is 0 Å². The predicted octanol–water partition coefficient (Wildman–Crippen LogP) is 4.81. The summed E-state index contributed by atoms with van der Waals surface area (Å²) in [4.78, 5) is 0. The van der Waals surface area contributed by atoms with Gasteiger partial charge in [0.05, 0.1) is 22.5 Å². The Labute approximate surface area is 111 Å². The van der Waals surface area contributed by atoms with Crippen LogP contribution in [0.3, 0.4) is 0 Å². The van der Waals surface area contributed by atoms with Crippen LogP contribution in [0, 0.1) is 0 Å². The van der Waals surface area contributed by atoms with Gasteiger partial charge in [-0.15, -0.1) is 0 Å². The van der Waals surface area contributed by atoms with Crippen molar-refractivity contribution in [1.29, 1.82) is 0 Å². The topological polar surface area (TPSA) is 24.7 Å². The molecular formula is C6H2Cl6N2. The van der Waals surface area contributed by atoms with Crippen molar-refractivity contribution >= 4 is 82.0 Å². The molecule has 0 atom stereocenters. The molecule has 0 aliphatic rings. The quantitative estimate of drug-likeness (QED) is 0.527. The molecule has 14 heavy (non-hydrogen) atoms. The number of hydrogen-bond acceptors (Lipinski definition) is 2. The number of allylic oxidation sites excluding steroid dienone is 2. The minimum Gasteiger partial charge on any atom is -0.157 e. The first-order chi connectivity index (χ1) is 6.45. The minimum atomic E-state index is -0.109. The first-order valence-electron chi connectivity index (χ1n) is 2.93. The first kappa shape index (κ1) is 14.6. The van der Waals surface area contributed by atoms with E-state index in [0.29, 0.717) is 0 Å². The normalized spacial score (nSPS) is 11.0. The van der Waals surface area contributed by atoms with Gasteiger partial charge in [-0.2, -0.15) is 10.2 Å². The molecule has 0 aliphatic carbocycles. The van der Waals surface area contributed by atoms with Gasteiger partial charge in [0.2, 0.25) is 0 Å². The summed E-state index contributed by atoms with van der Waals surface area (Å²) in [6.07, 6.45) is 2.28. The molecule has 0 radical (unpaired) electrons. The van der Waals surface area contributed by atoms with E-state index in [4.69, 9.17) is 69.6 Å². The largest absolute Gasteiger partial charge is 0.157 e. The number of nitrogens with zero attached hydrogens (tertiary/aromatic N) is 2. The van der Waals surface area contributed by atoms with Crippen LogP contribution in [0.25, 0.3) is 0 Å². The molecule has 0 unspecified atom stereocenters.